The third-order valence-corrected chi connectivity index (χ3v) is 5.85. The van der Waals surface area contributed by atoms with Crippen LogP contribution in [-0.4, -0.2) is 35.1 Å². The van der Waals surface area contributed by atoms with Gasteiger partial charge in [0.1, 0.15) is 5.01 Å². The summed E-state index contributed by atoms with van der Waals surface area (Å²) in [7, 11) is 0. The number of benzene rings is 2. The minimum Gasteiger partial charge on any atom is -0.372 e. The second kappa shape index (κ2) is 10.7. The molecule has 1 heterocycles. The Hall–Kier alpha value is -3.26. The molecule has 0 spiro atoms. The molecule has 31 heavy (non-hydrogen) atoms. The summed E-state index contributed by atoms with van der Waals surface area (Å²) in [5.41, 5.74) is 3.68. The Kier molecular flexibility index (Phi) is 7.72. The van der Waals surface area contributed by atoms with Gasteiger partial charge in [-0.15, -0.1) is 10.2 Å². The summed E-state index contributed by atoms with van der Waals surface area (Å²) in [6, 6.07) is 15.2. The third-order valence-electron chi connectivity index (χ3n) is 4.87. The predicted molar refractivity (Wildman–Crippen MR) is 126 cm³/mol. The summed E-state index contributed by atoms with van der Waals surface area (Å²) < 4.78 is 0. The molecule has 162 valence electrons. The Morgan fingerprint density at radius 2 is 1.74 bits per heavy atom. The number of nitrogens with one attached hydrogen (secondary N) is 2. The summed E-state index contributed by atoms with van der Waals surface area (Å²) in [6.07, 6.45) is 0.699. The van der Waals surface area contributed by atoms with Gasteiger partial charge in [0.05, 0.1) is 0 Å². The maximum Gasteiger partial charge on any atom is 0.286 e. The highest BCUT2D eigenvalue weighted by Crippen LogP contribution is 2.23. The highest BCUT2D eigenvalue weighted by atomic mass is 32.1. The van der Waals surface area contributed by atoms with E-state index in [1.165, 1.54) is 11.3 Å². The molecular formula is C23H27N5O2S. The number of para-hydroxylation sites is 1. The van der Waals surface area contributed by atoms with E-state index >= 15 is 0 Å². The van der Waals surface area contributed by atoms with Crippen molar-refractivity contribution >= 4 is 40.2 Å². The van der Waals surface area contributed by atoms with Gasteiger partial charge < -0.3 is 15.5 Å². The van der Waals surface area contributed by atoms with Crippen LogP contribution in [0.3, 0.4) is 0 Å². The van der Waals surface area contributed by atoms with Crippen LogP contribution in [0.5, 0.6) is 0 Å². The fourth-order valence-corrected chi connectivity index (χ4v) is 3.89. The molecule has 0 saturated carbocycles. The van der Waals surface area contributed by atoms with E-state index in [0.717, 1.165) is 30.0 Å². The lowest BCUT2D eigenvalue weighted by atomic mass is 10.1. The van der Waals surface area contributed by atoms with Gasteiger partial charge in [0, 0.05) is 43.0 Å². The third kappa shape index (κ3) is 6.11. The number of hydrogen-bond donors (Lipinski definition) is 2. The molecule has 0 unspecified atom stereocenters. The molecule has 0 atom stereocenters. The van der Waals surface area contributed by atoms with Crippen molar-refractivity contribution in [2.45, 2.75) is 33.6 Å². The zero-order valence-electron chi connectivity index (χ0n) is 18.0. The van der Waals surface area contributed by atoms with E-state index in [2.05, 4.69) is 45.6 Å². The first-order valence-electron chi connectivity index (χ1n) is 10.3. The van der Waals surface area contributed by atoms with Gasteiger partial charge in [-0.3, -0.25) is 9.59 Å². The summed E-state index contributed by atoms with van der Waals surface area (Å²) in [6.45, 7) is 8.12. The molecule has 0 aliphatic rings. The standard InChI is InChI=1S/C23H27N5O2S/c1-4-28(5-2)18-11-12-19(16(3)15-18)25-20(29)13-14-21-26-27-23(31-21)22(30)24-17-9-7-6-8-10-17/h6-12,15H,4-5,13-14H2,1-3H3,(H,24,30)(H,25,29). The second-order valence-electron chi connectivity index (χ2n) is 7.04. The minimum absolute atomic E-state index is 0.0934. The number of aryl methyl sites for hydroxylation is 2. The van der Waals surface area contributed by atoms with Crippen molar-refractivity contribution in [1.82, 2.24) is 10.2 Å². The minimum atomic E-state index is -0.302. The number of anilines is 3. The first-order valence-corrected chi connectivity index (χ1v) is 11.2. The lowest BCUT2D eigenvalue weighted by molar-refractivity contribution is -0.116. The molecule has 8 heteroatoms. The second-order valence-corrected chi connectivity index (χ2v) is 8.10. The number of nitrogens with zero attached hydrogens (tertiary/aromatic N) is 3. The molecule has 7 nitrogen and oxygen atoms in total. The van der Waals surface area contributed by atoms with Crippen LogP contribution >= 0.6 is 11.3 Å². The number of amides is 2. The Morgan fingerprint density at radius 1 is 1.00 bits per heavy atom. The Morgan fingerprint density at radius 3 is 2.42 bits per heavy atom. The average Bonchev–Trinajstić information content (AvgIpc) is 3.25. The smallest absolute Gasteiger partial charge is 0.286 e. The van der Waals surface area contributed by atoms with Crippen LogP contribution in [-0.2, 0) is 11.2 Å². The normalized spacial score (nSPS) is 10.5. The van der Waals surface area contributed by atoms with E-state index in [1.807, 2.05) is 37.3 Å². The van der Waals surface area contributed by atoms with Gasteiger partial charge in [0.15, 0.2) is 0 Å². The van der Waals surface area contributed by atoms with Crippen molar-refractivity contribution in [2.24, 2.45) is 0 Å². The Labute approximate surface area is 186 Å². The maximum atomic E-state index is 12.4. The van der Waals surface area contributed by atoms with E-state index < -0.39 is 0 Å². The molecule has 0 bridgehead atoms. The fourth-order valence-electron chi connectivity index (χ4n) is 3.16. The van der Waals surface area contributed by atoms with Crippen molar-refractivity contribution in [3.05, 3.63) is 64.1 Å². The number of aromatic nitrogens is 2. The number of carbonyl (C=O) groups is 2. The summed E-state index contributed by atoms with van der Waals surface area (Å²) in [4.78, 5) is 26.9. The Balaban J connectivity index is 1.53. The van der Waals surface area contributed by atoms with E-state index in [0.29, 0.717) is 17.1 Å². The molecule has 0 aliphatic heterocycles. The zero-order chi connectivity index (χ0) is 22.2. The van der Waals surface area contributed by atoms with Crippen LogP contribution in [0.25, 0.3) is 0 Å². The molecular weight excluding hydrogens is 410 g/mol. The van der Waals surface area contributed by atoms with Crippen molar-refractivity contribution < 1.29 is 9.59 Å². The van der Waals surface area contributed by atoms with Gasteiger partial charge >= 0.3 is 0 Å². The molecule has 0 fully saturated rings. The van der Waals surface area contributed by atoms with Crippen LogP contribution in [0.4, 0.5) is 17.1 Å². The van der Waals surface area contributed by atoms with Crippen LogP contribution in [0.1, 0.15) is 40.6 Å². The molecule has 1 aromatic heterocycles. The number of rotatable bonds is 9. The van der Waals surface area contributed by atoms with Crippen molar-refractivity contribution in [3.8, 4) is 0 Å². The van der Waals surface area contributed by atoms with Gasteiger partial charge in [-0.05, 0) is 56.7 Å². The van der Waals surface area contributed by atoms with E-state index in [1.54, 1.807) is 12.1 Å². The molecule has 2 aromatic carbocycles. The van der Waals surface area contributed by atoms with Crippen LogP contribution in [0.2, 0.25) is 0 Å². The van der Waals surface area contributed by atoms with Gasteiger partial charge in [-0.1, -0.05) is 29.5 Å². The van der Waals surface area contributed by atoms with Gasteiger partial charge in [-0.2, -0.15) is 0 Å². The van der Waals surface area contributed by atoms with Gasteiger partial charge in [0.2, 0.25) is 10.9 Å². The summed E-state index contributed by atoms with van der Waals surface area (Å²) >= 11 is 1.20. The molecule has 0 aliphatic carbocycles. The van der Waals surface area contributed by atoms with Gasteiger partial charge in [0.25, 0.3) is 5.91 Å². The molecule has 3 aromatic rings. The first kappa shape index (κ1) is 22.4. The average molecular weight is 438 g/mol. The monoisotopic (exact) mass is 437 g/mol. The Bertz CT molecular complexity index is 1030. The lowest BCUT2D eigenvalue weighted by Gasteiger charge is -2.22. The summed E-state index contributed by atoms with van der Waals surface area (Å²) in [5, 5.41) is 14.7. The van der Waals surface area contributed by atoms with E-state index in [9.17, 15) is 9.59 Å². The lowest BCUT2D eigenvalue weighted by Crippen LogP contribution is -2.22. The SMILES string of the molecule is CCN(CC)c1ccc(NC(=O)CCc2nnc(C(=O)Nc3ccccc3)s2)c(C)c1. The zero-order valence-corrected chi connectivity index (χ0v) is 18.8. The fraction of sp³-hybridized carbons (Fsp3) is 0.304. The number of carbonyl (C=O) groups excluding carboxylic acids is 2. The number of hydrogen-bond acceptors (Lipinski definition) is 6. The van der Waals surface area contributed by atoms with Crippen LogP contribution in [0, 0.1) is 6.92 Å². The molecule has 2 amide bonds. The van der Waals surface area contributed by atoms with Crippen molar-refractivity contribution in [3.63, 3.8) is 0 Å². The quantitative estimate of drug-likeness (QED) is 0.514. The maximum absolute atomic E-state index is 12.4. The van der Waals surface area contributed by atoms with Crippen molar-refractivity contribution in [1.29, 1.82) is 0 Å². The van der Waals surface area contributed by atoms with Crippen molar-refractivity contribution in [2.75, 3.05) is 28.6 Å². The highest BCUT2D eigenvalue weighted by molar-refractivity contribution is 7.13. The highest BCUT2D eigenvalue weighted by Gasteiger charge is 2.14. The molecule has 2 N–H and O–H groups in total. The van der Waals surface area contributed by atoms with Crippen LogP contribution in [0.15, 0.2) is 48.5 Å². The molecule has 0 radical (unpaired) electrons. The molecule has 0 saturated heterocycles. The van der Waals surface area contributed by atoms with E-state index in [-0.39, 0.29) is 23.2 Å². The van der Waals surface area contributed by atoms with Crippen LogP contribution < -0.4 is 15.5 Å². The predicted octanol–water partition coefficient (Wildman–Crippen LogP) is 4.52. The first-order chi connectivity index (χ1) is 15.0. The largest absolute Gasteiger partial charge is 0.372 e. The van der Waals surface area contributed by atoms with E-state index in [4.69, 9.17) is 0 Å². The molecule has 3 rings (SSSR count). The topological polar surface area (TPSA) is 87.2 Å². The summed E-state index contributed by atoms with van der Waals surface area (Å²) in [5.74, 6) is -0.396. The van der Waals surface area contributed by atoms with Gasteiger partial charge in [-0.25, -0.2) is 0 Å².